The Morgan fingerprint density at radius 1 is 0.583 bits per heavy atom. The number of rotatable bonds is 4. The summed E-state index contributed by atoms with van der Waals surface area (Å²) in [5, 5.41) is 21.4. The van der Waals surface area contributed by atoms with E-state index in [4.69, 9.17) is 0 Å². The van der Waals surface area contributed by atoms with Crippen LogP contribution < -0.4 is 0 Å². The maximum Gasteiger partial charge on any atom is 0.119 e. The molecule has 0 bridgehead atoms. The smallest absolute Gasteiger partial charge is 0.119 e. The van der Waals surface area contributed by atoms with Gasteiger partial charge >= 0.3 is 0 Å². The highest BCUT2D eigenvalue weighted by atomic mass is 16.3. The first-order valence-corrected chi connectivity index (χ1v) is 9.02. The Hall–Kier alpha value is -1.18. The van der Waals surface area contributed by atoms with E-state index in [1.165, 1.54) is 0 Å². The molecule has 2 nitrogen and oxygen atoms in total. The van der Waals surface area contributed by atoms with Crippen molar-refractivity contribution in [2.45, 2.75) is 92.9 Å². The van der Waals surface area contributed by atoms with E-state index in [0.717, 1.165) is 24.0 Å². The van der Waals surface area contributed by atoms with Gasteiger partial charge in [-0.05, 0) is 46.6 Å². The molecular weight excluding hydrogens is 296 g/mol. The van der Waals surface area contributed by atoms with Gasteiger partial charge in [0.25, 0.3) is 0 Å². The van der Waals surface area contributed by atoms with Crippen LogP contribution in [-0.2, 0) is 10.8 Å². The van der Waals surface area contributed by atoms with Crippen molar-refractivity contribution in [1.29, 1.82) is 0 Å². The van der Waals surface area contributed by atoms with Gasteiger partial charge in [0.1, 0.15) is 11.5 Å². The Morgan fingerprint density at radius 3 is 1.04 bits per heavy atom. The highest BCUT2D eigenvalue weighted by Crippen LogP contribution is 2.50. The molecule has 1 rings (SSSR count). The molecule has 0 atom stereocenters. The standard InChI is InChI=1S/C22H38O2/c1-19(2,3)13-21(7,8)17-15(23)11-12-16(24)18(17)22(9,10)14-20(4,5)6/h11-12,23-24H,13-14H2,1-10H3. The summed E-state index contributed by atoms with van der Waals surface area (Å²) >= 11 is 0. The summed E-state index contributed by atoms with van der Waals surface area (Å²) < 4.78 is 0. The number of hydrogen-bond acceptors (Lipinski definition) is 2. The van der Waals surface area contributed by atoms with E-state index in [2.05, 4.69) is 69.2 Å². The SMILES string of the molecule is CC(C)(C)CC(C)(C)c1c(O)ccc(O)c1C(C)(C)CC(C)(C)C. The number of phenols is 2. The molecule has 0 saturated heterocycles. The van der Waals surface area contributed by atoms with Crippen molar-refractivity contribution in [1.82, 2.24) is 0 Å². The monoisotopic (exact) mass is 334 g/mol. The van der Waals surface area contributed by atoms with Crippen molar-refractivity contribution in [2.24, 2.45) is 10.8 Å². The molecule has 2 heteroatoms. The molecular formula is C22H38O2. The molecule has 0 amide bonds. The summed E-state index contributed by atoms with van der Waals surface area (Å²) in [6.07, 6.45) is 1.85. The topological polar surface area (TPSA) is 40.5 Å². The van der Waals surface area contributed by atoms with Gasteiger partial charge in [0.05, 0.1) is 0 Å². The molecule has 0 unspecified atom stereocenters. The number of phenolic OH excluding ortho intramolecular Hbond substituents is 2. The minimum atomic E-state index is -0.231. The lowest BCUT2D eigenvalue weighted by atomic mass is 9.64. The molecule has 138 valence electrons. The Balaban J connectivity index is 3.60. The van der Waals surface area contributed by atoms with Crippen LogP contribution in [0.25, 0.3) is 0 Å². The second kappa shape index (κ2) is 6.28. The van der Waals surface area contributed by atoms with E-state index < -0.39 is 0 Å². The van der Waals surface area contributed by atoms with E-state index in [0.29, 0.717) is 11.5 Å². The molecule has 1 aromatic carbocycles. The zero-order chi connectivity index (χ0) is 19.1. The quantitative estimate of drug-likeness (QED) is 0.615. The molecule has 0 aliphatic rings. The first-order chi connectivity index (χ1) is 10.5. The van der Waals surface area contributed by atoms with Gasteiger partial charge in [-0.25, -0.2) is 0 Å². The third-order valence-electron chi connectivity index (χ3n) is 4.46. The minimum Gasteiger partial charge on any atom is -0.508 e. The van der Waals surface area contributed by atoms with Crippen LogP contribution in [0.15, 0.2) is 12.1 Å². The maximum atomic E-state index is 10.7. The predicted molar refractivity (Wildman–Crippen MR) is 104 cm³/mol. The van der Waals surface area contributed by atoms with Crippen LogP contribution in [0.4, 0.5) is 0 Å². The van der Waals surface area contributed by atoms with Gasteiger partial charge in [0.2, 0.25) is 0 Å². The van der Waals surface area contributed by atoms with E-state index in [9.17, 15) is 10.2 Å². The summed E-state index contributed by atoms with van der Waals surface area (Å²) in [6.45, 7) is 22.0. The molecule has 0 saturated carbocycles. The Morgan fingerprint density at radius 2 is 0.833 bits per heavy atom. The van der Waals surface area contributed by atoms with Crippen LogP contribution in [0.2, 0.25) is 0 Å². The third-order valence-corrected chi connectivity index (χ3v) is 4.46. The van der Waals surface area contributed by atoms with Crippen molar-refractivity contribution < 1.29 is 10.2 Å². The van der Waals surface area contributed by atoms with Gasteiger partial charge in [-0.1, -0.05) is 69.2 Å². The number of aromatic hydroxyl groups is 2. The van der Waals surface area contributed by atoms with Crippen molar-refractivity contribution >= 4 is 0 Å². The largest absolute Gasteiger partial charge is 0.508 e. The fourth-order valence-corrected chi connectivity index (χ4v) is 4.78. The zero-order valence-electron chi connectivity index (χ0n) is 17.5. The fourth-order valence-electron chi connectivity index (χ4n) is 4.78. The van der Waals surface area contributed by atoms with Crippen LogP contribution in [0.1, 0.15) is 93.2 Å². The molecule has 0 radical (unpaired) electrons. The van der Waals surface area contributed by atoms with Crippen molar-refractivity contribution in [3.8, 4) is 11.5 Å². The van der Waals surface area contributed by atoms with Crippen LogP contribution in [-0.4, -0.2) is 10.2 Å². The normalized spacial score (nSPS) is 14.1. The van der Waals surface area contributed by atoms with E-state index in [1.807, 2.05) is 0 Å². The molecule has 0 spiro atoms. The molecule has 24 heavy (non-hydrogen) atoms. The van der Waals surface area contributed by atoms with Crippen molar-refractivity contribution in [3.63, 3.8) is 0 Å². The fraction of sp³-hybridized carbons (Fsp3) is 0.727. The summed E-state index contributed by atoms with van der Waals surface area (Å²) in [4.78, 5) is 0. The van der Waals surface area contributed by atoms with Crippen LogP contribution in [0, 0.1) is 10.8 Å². The third kappa shape index (κ3) is 5.16. The Bertz CT molecular complexity index is 528. The van der Waals surface area contributed by atoms with Gasteiger partial charge in [0.15, 0.2) is 0 Å². The lowest BCUT2D eigenvalue weighted by molar-refractivity contribution is 0.255. The summed E-state index contributed by atoms with van der Waals surface area (Å²) in [5.74, 6) is 0.582. The highest BCUT2D eigenvalue weighted by molar-refractivity contribution is 5.54. The van der Waals surface area contributed by atoms with Crippen LogP contribution in [0.5, 0.6) is 11.5 Å². The molecule has 1 aromatic rings. The first-order valence-electron chi connectivity index (χ1n) is 9.02. The van der Waals surface area contributed by atoms with Gasteiger partial charge in [-0.2, -0.15) is 0 Å². The number of benzene rings is 1. The zero-order valence-corrected chi connectivity index (χ0v) is 17.5. The Labute approximate surface area is 149 Å². The number of hydrogen-bond donors (Lipinski definition) is 2. The van der Waals surface area contributed by atoms with Gasteiger partial charge < -0.3 is 10.2 Å². The van der Waals surface area contributed by atoms with Gasteiger partial charge in [-0.15, -0.1) is 0 Å². The molecule has 0 fully saturated rings. The van der Waals surface area contributed by atoms with Crippen molar-refractivity contribution in [3.05, 3.63) is 23.3 Å². The van der Waals surface area contributed by atoms with Gasteiger partial charge in [0, 0.05) is 11.1 Å². The van der Waals surface area contributed by atoms with E-state index in [-0.39, 0.29) is 21.7 Å². The van der Waals surface area contributed by atoms with E-state index >= 15 is 0 Å². The second-order valence-corrected chi connectivity index (χ2v) is 11.1. The molecule has 0 aliphatic carbocycles. The lowest BCUT2D eigenvalue weighted by Gasteiger charge is -2.40. The summed E-state index contributed by atoms with van der Waals surface area (Å²) in [7, 11) is 0. The summed E-state index contributed by atoms with van der Waals surface area (Å²) in [5.41, 5.74) is 1.59. The maximum absolute atomic E-state index is 10.7. The summed E-state index contributed by atoms with van der Waals surface area (Å²) in [6, 6.07) is 3.26. The van der Waals surface area contributed by atoms with Crippen molar-refractivity contribution in [2.75, 3.05) is 0 Å². The molecule has 0 heterocycles. The first kappa shape index (κ1) is 20.9. The molecule has 0 aromatic heterocycles. The van der Waals surface area contributed by atoms with Gasteiger partial charge in [-0.3, -0.25) is 0 Å². The average molecular weight is 335 g/mol. The average Bonchev–Trinajstić information content (AvgIpc) is 2.24. The van der Waals surface area contributed by atoms with Crippen LogP contribution in [0.3, 0.4) is 0 Å². The highest BCUT2D eigenvalue weighted by Gasteiger charge is 2.39. The van der Waals surface area contributed by atoms with Crippen LogP contribution >= 0.6 is 0 Å². The van der Waals surface area contributed by atoms with E-state index in [1.54, 1.807) is 12.1 Å². The Kier molecular flexibility index (Phi) is 5.46. The lowest BCUT2D eigenvalue weighted by Crippen LogP contribution is -2.32. The molecule has 2 N–H and O–H groups in total. The minimum absolute atomic E-state index is 0.132. The molecule has 0 aliphatic heterocycles. The predicted octanol–water partition coefficient (Wildman–Crippen LogP) is 6.53. The second-order valence-electron chi connectivity index (χ2n) is 11.1.